The van der Waals surface area contributed by atoms with Gasteiger partial charge in [0.1, 0.15) is 0 Å². The lowest BCUT2D eigenvalue weighted by Gasteiger charge is -2.40. The van der Waals surface area contributed by atoms with E-state index in [9.17, 15) is 5.21 Å². The lowest BCUT2D eigenvalue weighted by atomic mass is 9.91. The Bertz CT molecular complexity index is 639. The second-order valence-electron chi connectivity index (χ2n) is 4.94. The smallest absolute Gasteiger partial charge is 0.158 e. The summed E-state index contributed by atoms with van der Waals surface area (Å²) in [7, 11) is 0. The summed E-state index contributed by atoms with van der Waals surface area (Å²) in [5.41, 5.74) is 3.18. The van der Waals surface area contributed by atoms with Crippen LogP contribution in [0, 0.1) is 0 Å². The largest absolute Gasteiger partial charge is 0.411 e. The van der Waals surface area contributed by atoms with Crippen molar-refractivity contribution in [3.8, 4) is 0 Å². The highest BCUT2D eigenvalue weighted by atomic mass is 16.4. The summed E-state index contributed by atoms with van der Waals surface area (Å²) < 4.78 is 0. The molecule has 0 radical (unpaired) electrons. The van der Waals surface area contributed by atoms with Crippen LogP contribution < -0.4 is 10.6 Å². The second-order valence-corrected chi connectivity index (χ2v) is 4.94. The van der Waals surface area contributed by atoms with Crippen LogP contribution in [0.4, 0.5) is 5.69 Å². The first-order valence-electron chi connectivity index (χ1n) is 6.62. The molecule has 1 unspecified atom stereocenters. The van der Waals surface area contributed by atoms with Gasteiger partial charge in [0, 0.05) is 12.2 Å². The lowest BCUT2D eigenvalue weighted by Crippen LogP contribution is -2.56. The quantitative estimate of drug-likeness (QED) is 0.445. The fourth-order valence-electron chi connectivity index (χ4n) is 2.64. The van der Waals surface area contributed by atoms with Crippen molar-refractivity contribution >= 4 is 11.4 Å². The van der Waals surface area contributed by atoms with Gasteiger partial charge in [0.25, 0.3) is 0 Å². The third kappa shape index (κ3) is 1.94. The molecule has 1 heterocycles. The molecule has 0 fully saturated rings. The van der Waals surface area contributed by atoms with Crippen molar-refractivity contribution in [1.82, 2.24) is 5.32 Å². The van der Waals surface area contributed by atoms with Gasteiger partial charge in [-0.05, 0) is 24.1 Å². The van der Waals surface area contributed by atoms with Crippen LogP contribution in [0.15, 0.2) is 59.8 Å². The van der Waals surface area contributed by atoms with E-state index in [1.807, 2.05) is 48.5 Å². The molecule has 3 N–H and O–H groups in total. The highest BCUT2D eigenvalue weighted by Crippen LogP contribution is 2.32. The summed E-state index contributed by atoms with van der Waals surface area (Å²) in [6.07, 6.45) is 0. The molecule has 1 aliphatic rings. The van der Waals surface area contributed by atoms with Crippen molar-refractivity contribution in [1.29, 1.82) is 0 Å². The van der Waals surface area contributed by atoms with E-state index >= 15 is 0 Å². The van der Waals surface area contributed by atoms with Crippen LogP contribution in [-0.2, 0) is 12.2 Å². The molecule has 0 aromatic heterocycles. The number of rotatable bonds is 2. The minimum Gasteiger partial charge on any atom is -0.411 e. The van der Waals surface area contributed by atoms with Crippen molar-refractivity contribution in [3.63, 3.8) is 0 Å². The molecular weight excluding hydrogens is 250 g/mol. The Balaban J connectivity index is 2.11. The zero-order valence-corrected chi connectivity index (χ0v) is 11.3. The van der Waals surface area contributed by atoms with E-state index in [-0.39, 0.29) is 0 Å². The maximum absolute atomic E-state index is 9.27. The Hall–Kier alpha value is -2.33. The molecule has 0 aliphatic carbocycles. The third-order valence-corrected chi connectivity index (χ3v) is 3.78. The summed E-state index contributed by atoms with van der Waals surface area (Å²) in [6.45, 7) is 2.52. The number of oxime groups is 1. The number of fused-ring (bicyclic) bond motifs is 1. The standard InChI is InChI=1S/C16H17N3O/c1-12(19-20)16(14-8-3-2-4-9-14)17-11-13-7-5-6-10-15(13)18-16/h2-10,17-18,20H,11H2,1H3/b19-12+. The molecule has 0 saturated heterocycles. The minimum absolute atomic E-state index is 0.582. The predicted molar refractivity (Wildman–Crippen MR) is 79.9 cm³/mol. The van der Waals surface area contributed by atoms with Crippen molar-refractivity contribution in [2.24, 2.45) is 5.16 Å². The van der Waals surface area contributed by atoms with Crippen LogP contribution in [0.25, 0.3) is 0 Å². The van der Waals surface area contributed by atoms with E-state index in [1.165, 1.54) is 5.56 Å². The van der Waals surface area contributed by atoms with Gasteiger partial charge in [0.2, 0.25) is 0 Å². The van der Waals surface area contributed by atoms with Gasteiger partial charge in [0.05, 0.1) is 5.71 Å². The Morgan fingerprint density at radius 2 is 1.80 bits per heavy atom. The van der Waals surface area contributed by atoms with Crippen molar-refractivity contribution < 1.29 is 5.21 Å². The summed E-state index contributed by atoms with van der Waals surface area (Å²) in [4.78, 5) is 0. The number of para-hydroxylation sites is 1. The van der Waals surface area contributed by atoms with Crippen LogP contribution >= 0.6 is 0 Å². The molecule has 0 spiro atoms. The van der Waals surface area contributed by atoms with Crippen LogP contribution in [0.1, 0.15) is 18.1 Å². The average Bonchev–Trinajstić information content (AvgIpc) is 2.54. The number of benzene rings is 2. The minimum atomic E-state index is -0.676. The molecule has 20 heavy (non-hydrogen) atoms. The second kappa shape index (κ2) is 4.98. The van der Waals surface area contributed by atoms with Gasteiger partial charge >= 0.3 is 0 Å². The highest BCUT2D eigenvalue weighted by molar-refractivity contribution is 5.95. The maximum Gasteiger partial charge on any atom is 0.158 e. The van der Waals surface area contributed by atoms with Gasteiger partial charge in [0.15, 0.2) is 5.66 Å². The lowest BCUT2D eigenvalue weighted by molar-refractivity contribution is 0.309. The molecule has 2 aromatic rings. The zero-order valence-electron chi connectivity index (χ0n) is 11.3. The first-order valence-corrected chi connectivity index (χ1v) is 6.62. The number of nitrogens with zero attached hydrogens (tertiary/aromatic N) is 1. The molecular formula is C16H17N3O. The maximum atomic E-state index is 9.27. The van der Waals surface area contributed by atoms with Crippen LogP contribution in [0.5, 0.6) is 0 Å². The van der Waals surface area contributed by atoms with E-state index in [2.05, 4.69) is 21.9 Å². The Morgan fingerprint density at radius 3 is 2.55 bits per heavy atom. The number of hydrogen-bond acceptors (Lipinski definition) is 4. The first-order chi connectivity index (χ1) is 9.76. The van der Waals surface area contributed by atoms with Crippen molar-refractivity contribution in [2.75, 3.05) is 5.32 Å². The van der Waals surface area contributed by atoms with Gasteiger partial charge in [-0.25, -0.2) is 0 Å². The van der Waals surface area contributed by atoms with Crippen molar-refractivity contribution in [3.05, 3.63) is 65.7 Å². The van der Waals surface area contributed by atoms with Gasteiger partial charge in [-0.15, -0.1) is 0 Å². The van der Waals surface area contributed by atoms with Gasteiger partial charge in [-0.2, -0.15) is 0 Å². The Morgan fingerprint density at radius 1 is 1.10 bits per heavy atom. The molecule has 0 saturated carbocycles. The van der Waals surface area contributed by atoms with E-state index in [4.69, 9.17) is 0 Å². The zero-order chi connectivity index (χ0) is 14.0. The highest BCUT2D eigenvalue weighted by Gasteiger charge is 2.38. The molecule has 1 atom stereocenters. The average molecular weight is 267 g/mol. The van der Waals surface area contributed by atoms with Gasteiger partial charge < -0.3 is 10.5 Å². The fraction of sp³-hybridized carbons (Fsp3) is 0.188. The molecule has 4 nitrogen and oxygen atoms in total. The molecule has 4 heteroatoms. The van der Waals surface area contributed by atoms with E-state index in [1.54, 1.807) is 6.92 Å². The van der Waals surface area contributed by atoms with Crippen LogP contribution in [0.3, 0.4) is 0 Å². The molecule has 2 aromatic carbocycles. The monoisotopic (exact) mass is 267 g/mol. The van der Waals surface area contributed by atoms with Crippen molar-refractivity contribution in [2.45, 2.75) is 19.1 Å². The SMILES string of the molecule is C/C(=N\O)C1(c2ccccc2)NCc2ccccc2N1. The third-order valence-electron chi connectivity index (χ3n) is 3.78. The molecule has 102 valence electrons. The Labute approximate surface area is 118 Å². The summed E-state index contributed by atoms with van der Waals surface area (Å²) >= 11 is 0. The summed E-state index contributed by atoms with van der Waals surface area (Å²) in [5, 5.41) is 19.6. The number of nitrogens with one attached hydrogen (secondary N) is 2. The summed E-state index contributed by atoms with van der Waals surface area (Å²) in [5.74, 6) is 0. The van der Waals surface area contributed by atoms with E-state index in [0.29, 0.717) is 12.3 Å². The molecule has 3 rings (SSSR count). The molecule has 0 amide bonds. The van der Waals surface area contributed by atoms with E-state index in [0.717, 1.165) is 11.3 Å². The van der Waals surface area contributed by atoms with Crippen LogP contribution in [0.2, 0.25) is 0 Å². The fourth-order valence-corrected chi connectivity index (χ4v) is 2.64. The van der Waals surface area contributed by atoms with Gasteiger partial charge in [-0.3, -0.25) is 5.32 Å². The van der Waals surface area contributed by atoms with Gasteiger partial charge in [-0.1, -0.05) is 53.7 Å². The normalized spacial score (nSPS) is 21.9. The predicted octanol–water partition coefficient (Wildman–Crippen LogP) is 2.90. The van der Waals surface area contributed by atoms with E-state index < -0.39 is 5.66 Å². The topological polar surface area (TPSA) is 56.7 Å². The number of anilines is 1. The number of hydrogen-bond donors (Lipinski definition) is 3. The Kier molecular flexibility index (Phi) is 3.16. The molecule has 0 bridgehead atoms. The first kappa shape index (κ1) is 12.7. The van der Waals surface area contributed by atoms with Crippen LogP contribution in [-0.4, -0.2) is 10.9 Å². The summed E-state index contributed by atoms with van der Waals surface area (Å²) in [6, 6.07) is 18.1. The molecule has 1 aliphatic heterocycles.